The summed E-state index contributed by atoms with van der Waals surface area (Å²) in [7, 11) is 1.67. The van der Waals surface area contributed by atoms with Crippen LogP contribution in [0.5, 0.6) is 5.75 Å². The molecule has 0 bridgehead atoms. The van der Waals surface area contributed by atoms with Crippen LogP contribution in [0.25, 0.3) is 0 Å². The number of para-hydroxylation sites is 2. The first-order valence-corrected chi connectivity index (χ1v) is 10.6. The second-order valence-corrected chi connectivity index (χ2v) is 7.86. The van der Waals surface area contributed by atoms with E-state index in [-0.39, 0.29) is 11.9 Å². The highest BCUT2D eigenvalue weighted by Gasteiger charge is 2.36. The zero-order valence-electron chi connectivity index (χ0n) is 16.9. The third-order valence-electron chi connectivity index (χ3n) is 5.57. The molecule has 1 aliphatic heterocycles. The molecule has 0 aliphatic carbocycles. The van der Waals surface area contributed by atoms with Crippen LogP contribution in [0.15, 0.2) is 78.9 Å². The quantitative estimate of drug-likeness (QED) is 0.542. The Morgan fingerprint density at radius 3 is 2.47 bits per heavy atom. The number of ether oxygens (including phenoxy) is 1. The van der Waals surface area contributed by atoms with Gasteiger partial charge in [0, 0.05) is 22.8 Å². The zero-order valence-corrected chi connectivity index (χ0v) is 17.7. The van der Waals surface area contributed by atoms with Crippen molar-refractivity contribution >= 4 is 23.2 Å². The smallest absolute Gasteiger partial charge is 0.250 e. The number of nitrogens with zero attached hydrogens (tertiary/aromatic N) is 1. The highest BCUT2D eigenvalue weighted by Crippen LogP contribution is 2.39. The van der Waals surface area contributed by atoms with E-state index in [4.69, 9.17) is 16.3 Å². The molecule has 1 saturated heterocycles. The second-order valence-electron chi connectivity index (χ2n) is 7.43. The van der Waals surface area contributed by atoms with Crippen LogP contribution in [0, 0.1) is 0 Å². The van der Waals surface area contributed by atoms with Gasteiger partial charge in [-0.1, -0.05) is 60.1 Å². The van der Waals surface area contributed by atoms with Crippen molar-refractivity contribution in [2.45, 2.75) is 24.9 Å². The average Bonchev–Trinajstić information content (AvgIpc) is 3.28. The molecule has 154 valence electrons. The van der Waals surface area contributed by atoms with E-state index < -0.39 is 6.04 Å². The molecule has 3 aromatic rings. The Morgan fingerprint density at radius 1 is 1.03 bits per heavy atom. The van der Waals surface area contributed by atoms with Crippen molar-refractivity contribution in [1.82, 2.24) is 4.90 Å². The van der Waals surface area contributed by atoms with E-state index in [2.05, 4.69) is 11.4 Å². The minimum atomic E-state index is -0.500. The SMILES string of the molecule is COc1ccccc1C1CCCN1C(=O)C(Nc1ccccc1)c1ccc(Cl)cc1. The summed E-state index contributed by atoms with van der Waals surface area (Å²) in [6.07, 6.45) is 1.89. The fourth-order valence-electron chi connectivity index (χ4n) is 4.11. The summed E-state index contributed by atoms with van der Waals surface area (Å²) >= 11 is 6.09. The van der Waals surface area contributed by atoms with Crippen molar-refractivity contribution in [3.05, 3.63) is 95.0 Å². The fourth-order valence-corrected chi connectivity index (χ4v) is 4.23. The number of carbonyl (C=O) groups is 1. The molecule has 1 aliphatic rings. The molecule has 0 aromatic heterocycles. The van der Waals surface area contributed by atoms with E-state index in [1.807, 2.05) is 77.7 Å². The van der Waals surface area contributed by atoms with Crippen LogP contribution in [0.4, 0.5) is 5.69 Å². The number of methoxy groups -OCH3 is 1. The maximum atomic E-state index is 13.8. The molecule has 1 amide bonds. The largest absolute Gasteiger partial charge is 0.496 e. The summed E-state index contributed by atoms with van der Waals surface area (Å²) in [6, 6.07) is 24.7. The molecule has 4 rings (SSSR count). The second kappa shape index (κ2) is 9.23. The Balaban J connectivity index is 1.67. The van der Waals surface area contributed by atoms with Crippen LogP contribution >= 0.6 is 11.6 Å². The number of carbonyl (C=O) groups excluding carboxylic acids is 1. The molecule has 0 spiro atoms. The van der Waals surface area contributed by atoms with Crippen molar-refractivity contribution in [2.75, 3.05) is 19.0 Å². The minimum Gasteiger partial charge on any atom is -0.496 e. The molecule has 2 atom stereocenters. The summed E-state index contributed by atoms with van der Waals surface area (Å²) in [5, 5.41) is 4.08. The molecule has 1 N–H and O–H groups in total. The average molecular weight is 421 g/mol. The highest BCUT2D eigenvalue weighted by atomic mass is 35.5. The van der Waals surface area contributed by atoms with Gasteiger partial charge in [0.2, 0.25) is 5.91 Å². The highest BCUT2D eigenvalue weighted by molar-refractivity contribution is 6.30. The topological polar surface area (TPSA) is 41.6 Å². The molecular formula is C25H25ClN2O2. The number of halogens is 1. The number of likely N-dealkylation sites (tertiary alicyclic amines) is 1. The van der Waals surface area contributed by atoms with Gasteiger partial charge in [0.25, 0.3) is 0 Å². The fraction of sp³-hybridized carbons (Fsp3) is 0.240. The van der Waals surface area contributed by atoms with E-state index in [1.165, 1.54) is 0 Å². The molecule has 5 heteroatoms. The Bertz CT molecular complexity index is 992. The summed E-state index contributed by atoms with van der Waals surface area (Å²) in [4.78, 5) is 15.8. The number of benzene rings is 3. The number of nitrogens with one attached hydrogen (secondary N) is 1. The lowest BCUT2D eigenvalue weighted by Gasteiger charge is -2.31. The summed E-state index contributed by atoms with van der Waals surface area (Å²) < 4.78 is 5.57. The first kappa shape index (κ1) is 20.3. The Hall–Kier alpha value is -2.98. The number of hydrogen-bond donors (Lipinski definition) is 1. The van der Waals surface area contributed by atoms with E-state index in [1.54, 1.807) is 7.11 Å². The molecule has 1 heterocycles. The van der Waals surface area contributed by atoms with Crippen molar-refractivity contribution in [2.24, 2.45) is 0 Å². The zero-order chi connectivity index (χ0) is 20.9. The molecule has 0 radical (unpaired) electrons. The van der Waals surface area contributed by atoms with Crippen LogP contribution in [0.3, 0.4) is 0 Å². The summed E-state index contributed by atoms with van der Waals surface area (Å²) in [5.74, 6) is 0.871. The summed E-state index contributed by atoms with van der Waals surface area (Å²) in [5.41, 5.74) is 2.85. The summed E-state index contributed by atoms with van der Waals surface area (Å²) in [6.45, 7) is 0.724. The minimum absolute atomic E-state index is 0.000948. The lowest BCUT2D eigenvalue weighted by Crippen LogP contribution is -2.37. The normalized spacial score (nSPS) is 16.9. The molecule has 4 nitrogen and oxygen atoms in total. The Morgan fingerprint density at radius 2 is 1.73 bits per heavy atom. The first-order chi connectivity index (χ1) is 14.7. The van der Waals surface area contributed by atoms with E-state index in [0.29, 0.717) is 5.02 Å². The van der Waals surface area contributed by atoms with Gasteiger partial charge >= 0.3 is 0 Å². The lowest BCUT2D eigenvalue weighted by molar-refractivity contribution is -0.133. The van der Waals surface area contributed by atoms with Crippen LogP contribution in [0.2, 0.25) is 5.02 Å². The van der Waals surface area contributed by atoms with E-state index >= 15 is 0 Å². The van der Waals surface area contributed by atoms with Crippen LogP contribution in [-0.4, -0.2) is 24.5 Å². The van der Waals surface area contributed by atoms with Gasteiger partial charge in [-0.05, 0) is 48.7 Å². The van der Waals surface area contributed by atoms with Gasteiger partial charge in [-0.15, -0.1) is 0 Å². The molecule has 0 saturated carbocycles. The number of anilines is 1. The Kier molecular flexibility index (Phi) is 6.24. The predicted molar refractivity (Wildman–Crippen MR) is 121 cm³/mol. The molecule has 30 heavy (non-hydrogen) atoms. The van der Waals surface area contributed by atoms with E-state index in [0.717, 1.165) is 42.0 Å². The van der Waals surface area contributed by atoms with Gasteiger partial charge in [-0.3, -0.25) is 4.79 Å². The van der Waals surface area contributed by atoms with Crippen LogP contribution < -0.4 is 10.1 Å². The van der Waals surface area contributed by atoms with Crippen molar-refractivity contribution in [3.63, 3.8) is 0 Å². The first-order valence-electron chi connectivity index (χ1n) is 10.2. The number of hydrogen-bond acceptors (Lipinski definition) is 3. The standard InChI is InChI=1S/C25H25ClN2O2/c1-30-23-12-6-5-10-21(23)22-11-7-17-28(22)25(29)24(18-13-15-19(26)16-14-18)27-20-8-3-2-4-9-20/h2-6,8-10,12-16,22,24,27H,7,11,17H2,1H3. The molecular weight excluding hydrogens is 396 g/mol. The van der Waals surface area contributed by atoms with Crippen LogP contribution in [0.1, 0.15) is 36.1 Å². The molecule has 1 fully saturated rings. The van der Waals surface area contributed by atoms with Crippen LogP contribution in [-0.2, 0) is 4.79 Å². The van der Waals surface area contributed by atoms with Gasteiger partial charge in [-0.25, -0.2) is 0 Å². The van der Waals surface area contributed by atoms with Gasteiger partial charge in [0.1, 0.15) is 11.8 Å². The van der Waals surface area contributed by atoms with Gasteiger partial charge in [0.15, 0.2) is 0 Å². The van der Waals surface area contributed by atoms with Crippen molar-refractivity contribution < 1.29 is 9.53 Å². The van der Waals surface area contributed by atoms with Gasteiger partial charge < -0.3 is 15.0 Å². The van der Waals surface area contributed by atoms with E-state index in [9.17, 15) is 4.79 Å². The van der Waals surface area contributed by atoms with Gasteiger partial charge in [0.05, 0.1) is 13.2 Å². The molecule has 2 unspecified atom stereocenters. The monoisotopic (exact) mass is 420 g/mol. The molecule has 3 aromatic carbocycles. The number of rotatable bonds is 6. The predicted octanol–water partition coefficient (Wildman–Crippen LogP) is 5.87. The number of amides is 1. The lowest BCUT2D eigenvalue weighted by atomic mass is 10.0. The van der Waals surface area contributed by atoms with Crippen molar-refractivity contribution in [1.29, 1.82) is 0 Å². The maximum absolute atomic E-state index is 13.8. The maximum Gasteiger partial charge on any atom is 0.250 e. The third kappa shape index (κ3) is 4.29. The van der Waals surface area contributed by atoms with Gasteiger partial charge in [-0.2, -0.15) is 0 Å². The Labute approximate surface area is 182 Å². The van der Waals surface area contributed by atoms with Crippen molar-refractivity contribution in [3.8, 4) is 5.75 Å². The third-order valence-corrected chi connectivity index (χ3v) is 5.82.